The standard InChI is InChI=1S/C19H18N2O3/c1-23-12-14(22)10-13-11-15(8-9-21-13)24-19-7-6-18(20)16-4-2-3-5-17(16)19/h2-9,11H,10,12,20H2,1H3. The van der Waals surface area contributed by atoms with Crippen molar-refractivity contribution >= 4 is 22.2 Å². The van der Waals surface area contributed by atoms with Crippen molar-refractivity contribution in [3.8, 4) is 11.5 Å². The zero-order chi connectivity index (χ0) is 16.9. The van der Waals surface area contributed by atoms with Crippen molar-refractivity contribution in [3.05, 3.63) is 60.4 Å². The molecule has 5 heteroatoms. The van der Waals surface area contributed by atoms with Gasteiger partial charge in [-0.2, -0.15) is 0 Å². The predicted octanol–water partition coefficient (Wildman–Crippen LogP) is 3.37. The third-order valence-corrected chi connectivity index (χ3v) is 3.62. The third-order valence-electron chi connectivity index (χ3n) is 3.62. The number of nitrogens with zero attached hydrogens (tertiary/aromatic N) is 1. The summed E-state index contributed by atoms with van der Waals surface area (Å²) in [5.74, 6) is 1.31. The molecule has 3 rings (SSSR count). The van der Waals surface area contributed by atoms with Gasteiger partial charge in [-0.05, 0) is 18.2 Å². The molecule has 2 N–H and O–H groups in total. The molecule has 3 aromatic rings. The zero-order valence-corrected chi connectivity index (χ0v) is 13.4. The lowest BCUT2D eigenvalue weighted by molar-refractivity contribution is -0.122. The van der Waals surface area contributed by atoms with Gasteiger partial charge in [0.2, 0.25) is 0 Å². The number of nitrogens with two attached hydrogens (primary N) is 1. The topological polar surface area (TPSA) is 74.4 Å². The number of carbonyl (C=O) groups is 1. The molecule has 0 fully saturated rings. The Bertz CT molecular complexity index is 877. The quantitative estimate of drug-likeness (QED) is 0.704. The van der Waals surface area contributed by atoms with E-state index in [9.17, 15) is 4.79 Å². The molecule has 0 radical (unpaired) electrons. The van der Waals surface area contributed by atoms with Crippen LogP contribution in [0.5, 0.6) is 11.5 Å². The van der Waals surface area contributed by atoms with E-state index in [0.717, 1.165) is 10.8 Å². The van der Waals surface area contributed by atoms with Gasteiger partial charge in [-0.1, -0.05) is 24.3 Å². The highest BCUT2D eigenvalue weighted by Gasteiger charge is 2.09. The Hall–Kier alpha value is -2.92. The van der Waals surface area contributed by atoms with Crippen molar-refractivity contribution in [2.45, 2.75) is 6.42 Å². The number of benzene rings is 2. The molecule has 0 bridgehead atoms. The van der Waals surface area contributed by atoms with Gasteiger partial charge in [-0.15, -0.1) is 0 Å². The zero-order valence-electron chi connectivity index (χ0n) is 13.4. The molecular formula is C19H18N2O3. The van der Waals surface area contributed by atoms with Crippen molar-refractivity contribution in [1.29, 1.82) is 0 Å². The monoisotopic (exact) mass is 322 g/mol. The Morgan fingerprint density at radius 1 is 1.12 bits per heavy atom. The van der Waals surface area contributed by atoms with E-state index in [-0.39, 0.29) is 18.8 Å². The maximum atomic E-state index is 11.7. The largest absolute Gasteiger partial charge is 0.457 e. The average molecular weight is 322 g/mol. The van der Waals surface area contributed by atoms with Gasteiger partial charge in [0.1, 0.15) is 18.1 Å². The number of hydrogen-bond acceptors (Lipinski definition) is 5. The van der Waals surface area contributed by atoms with Gasteiger partial charge in [0, 0.05) is 35.8 Å². The lowest BCUT2D eigenvalue weighted by Crippen LogP contribution is -2.10. The van der Waals surface area contributed by atoms with Crippen LogP contribution in [0, 0.1) is 0 Å². The van der Waals surface area contributed by atoms with E-state index < -0.39 is 0 Å². The first kappa shape index (κ1) is 16.0. The van der Waals surface area contributed by atoms with Crippen LogP contribution in [0.4, 0.5) is 5.69 Å². The molecule has 0 aliphatic carbocycles. The molecule has 0 amide bonds. The Morgan fingerprint density at radius 2 is 1.92 bits per heavy atom. The number of Topliss-reactive ketones (excluding diaryl/α,β-unsaturated/α-hetero) is 1. The number of rotatable bonds is 6. The van der Waals surface area contributed by atoms with E-state index >= 15 is 0 Å². The number of pyridine rings is 1. The minimum atomic E-state index is -0.0277. The molecule has 0 spiro atoms. The molecule has 1 aromatic heterocycles. The molecule has 0 atom stereocenters. The fourth-order valence-electron chi connectivity index (χ4n) is 2.54. The molecule has 0 aliphatic rings. The molecule has 2 aromatic carbocycles. The summed E-state index contributed by atoms with van der Waals surface area (Å²) in [7, 11) is 1.50. The number of carbonyl (C=O) groups excluding carboxylic acids is 1. The van der Waals surface area contributed by atoms with Gasteiger partial charge in [0.25, 0.3) is 0 Å². The van der Waals surface area contributed by atoms with Crippen LogP contribution in [0.2, 0.25) is 0 Å². The van der Waals surface area contributed by atoms with Gasteiger partial charge in [-0.3, -0.25) is 9.78 Å². The summed E-state index contributed by atoms with van der Waals surface area (Å²) < 4.78 is 10.8. The summed E-state index contributed by atoms with van der Waals surface area (Å²) in [5, 5.41) is 1.88. The molecule has 0 saturated carbocycles. The number of hydrogen-bond donors (Lipinski definition) is 1. The number of anilines is 1. The van der Waals surface area contributed by atoms with Crippen LogP contribution in [-0.4, -0.2) is 24.5 Å². The van der Waals surface area contributed by atoms with Crippen LogP contribution in [-0.2, 0) is 16.0 Å². The second-order valence-electron chi connectivity index (χ2n) is 5.43. The first-order chi connectivity index (χ1) is 11.7. The second-order valence-corrected chi connectivity index (χ2v) is 5.43. The molecule has 1 heterocycles. The maximum Gasteiger partial charge on any atom is 0.164 e. The summed E-state index contributed by atoms with van der Waals surface area (Å²) in [4.78, 5) is 15.9. The van der Waals surface area contributed by atoms with Gasteiger partial charge < -0.3 is 15.2 Å². The SMILES string of the molecule is COCC(=O)Cc1cc(Oc2ccc(N)c3ccccc23)ccn1. The first-order valence-electron chi connectivity index (χ1n) is 7.58. The molecule has 0 unspecified atom stereocenters. The van der Waals surface area contributed by atoms with Crippen molar-refractivity contribution in [3.63, 3.8) is 0 Å². The highest BCUT2D eigenvalue weighted by molar-refractivity contribution is 5.97. The number of nitrogen functional groups attached to an aromatic ring is 1. The summed E-state index contributed by atoms with van der Waals surface area (Å²) >= 11 is 0. The Morgan fingerprint density at radius 3 is 2.71 bits per heavy atom. The molecule has 24 heavy (non-hydrogen) atoms. The first-order valence-corrected chi connectivity index (χ1v) is 7.58. The average Bonchev–Trinajstić information content (AvgIpc) is 2.58. The molecule has 0 saturated heterocycles. The number of ether oxygens (including phenoxy) is 2. The van der Waals surface area contributed by atoms with E-state index in [2.05, 4.69) is 4.98 Å². The van der Waals surface area contributed by atoms with E-state index in [1.54, 1.807) is 18.3 Å². The van der Waals surface area contributed by atoms with Crippen LogP contribution < -0.4 is 10.5 Å². The lowest BCUT2D eigenvalue weighted by atomic mass is 10.1. The van der Waals surface area contributed by atoms with Gasteiger partial charge in [-0.25, -0.2) is 0 Å². The fourth-order valence-corrected chi connectivity index (χ4v) is 2.54. The molecular weight excluding hydrogens is 304 g/mol. The Labute approximate surface area is 140 Å². The van der Waals surface area contributed by atoms with Crippen LogP contribution in [0.3, 0.4) is 0 Å². The predicted molar refractivity (Wildman–Crippen MR) is 93.3 cm³/mol. The van der Waals surface area contributed by atoms with Crippen molar-refractivity contribution < 1.29 is 14.3 Å². The number of methoxy groups -OCH3 is 1. The normalized spacial score (nSPS) is 10.7. The van der Waals surface area contributed by atoms with E-state index in [1.165, 1.54) is 7.11 Å². The van der Waals surface area contributed by atoms with Crippen molar-refractivity contribution in [1.82, 2.24) is 4.98 Å². The lowest BCUT2D eigenvalue weighted by Gasteiger charge is -2.11. The van der Waals surface area contributed by atoms with Crippen LogP contribution in [0.15, 0.2) is 54.7 Å². The minimum absolute atomic E-state index is 0.0277. The van der Waals surface area contributed by atoms with Crippen LogP contribution >= 0.6 is 0 Å². The van der Waals surface area contributed by atoms with Crippen molar-refractivity contribution in [2.75, 3.05) is 19.5 Å². The highest BCUT2D eigenvalue weighted by atomic mass is 16.5. The fraction of sp³-hybridized carbons (Fsp3) is 0.158. The molecule has 122 valence electrons. The molecule has 0 aliphatic heterocycles. The Kier molecular flexibility index (Phi) is 4.72. The van der Waals surface area contributed by atoms with Crippen molar-refractivity contribution in [2.24, 2.45) is 0 Å². The summed E-state index contributed by atoms with van der Waals surface area (Å²) in [6.45, 7) is 0.0787. The summed E-state index contributed by atoms with van der Waals surface area (Å²) in [6.07, 6.45) is 1.85. The van der Waals surface area contributed by atoms with Gasteiger partial charge >= 0.3 is 0 Å². The smallest absolute Gasteiger partial charge is 0.164 e. The van der Waals surface area contributed by atoms with E-state index in [1.807, 2.05) is 36.4 Å². The minimum Gasteiger partial charge on any atom is -0.457 e. The number of fused-ring (bicyclic) bond motifs is 1. The maximum absolute atomic E-state index is 11.7. The molecule has 5 nitrogen and oxygen atoms in total. The van der Waals surface area contributed by atoms with E-state index in [0.29, 0.717) is 22.9 Å². The van der Waals surface area contributed by atoms with E-state index in [4.69, 9.17) is 15.2 Å². The van der Waals surface area contributed by atoms with Crippen LogP contribution in [0.25, 0.3) is 10.8 Å². The summed E-state index contributed by atoms with van der Waals surface area (Å²) in [6, 6.07) is 15.0. The highest BCUT2D eigenvalue weighted by Crippen LogP contribution is 2.33. The third kappa shape index (κ3) is 3.52. The Balaban J connectivity index is 1.87. The second kappa shape index (κ2) is 7.10. The van der Waals surface area contributed by atoms with Crippen LogP contribution in [0.1, 0.15) is 5.69 Å². The van der Waals surface area contributed by atoms with Gasteiger partial charge in [0.15, 0.2) is 5.78 Å². The van der Waals surface area contributed by atoms with Gasteiger partial charge in [0.05, 0.1) is 12.1 Å². The number of aromatic nitrogens is 1. The number of ketones is 1. The summed E-state index contributed by atoms with van der Waals surface area (Å²) in [5.41, 5.74) is 7.37.